The van der Waals surface area contributed by atoms with Crippen LogP contribution in [-0.2, 0) is 5.60 Å². The SMILES string of the molecule is CCCOc1ccc(C(O)(CCN2CCCCC2)c2ccccc2)cc1.Cl. The first-order chi connectivity index (χ1) is 12.7. The highest BCUT2D eigenvalue weighted by molar-refractivity contribution is 5.85. The van der Waals surface area contributed by atoms with Crippen LogP contribution in [0.2, 0.25) is 0 Å². The summed E-state index contributed by atoms with van der Waals surface area (Å²) in [6, 6.07) is 18.0. The summed E-state index contributed by atoms with van der Waals surface area (Å²) in [5, 5.41) is 11.7. The van der Waals surface area contributed by atoms with E-state index in [9.17, 15) is 5.11 Å². The van der Waals surface area contributed by atoms with Gasteiger partial charge in [-0.05, 0) is 62.0 Å². The molecule has 4 heteroatoms. The van der Waals surface area contributed by atoms with Crippen molar-refractivity contribution < 1.29 is 9.84 Å². The Labute approximate surface area is 169 Å². The largest absolute Gasteiger partial charge is 0.494 e. The Balaban J connectivity index is 0.00000261. The van der Waals surface area contributed by atoms with Gasteiger partial charge >= 0.3 is 0 Å². The molecule has 0 radical (unpaired) electrons. The second kappa shape index (κ2) is 10.7. The number of hydrogen-bond donors (Lipinski definition) is 1. The molecule has 3 nitrogen and oxygen atoms in total. The topological polar surface area (TPSA) is 32.7 Å². The monoisotopic (exact) mass is 389 g/mol. The summed E-state index contributed by atoms with van der Waals surface area (Å²) in [5.41, 5.74) is 0.922. The van der Waals surface area contributed by atoms with Crippen molar-refractivity contribution in [1.82, 2.24) is 4.90 Å². The molecule has 0 aliphatic carbocycles. The smallest absolute Gasteiger partial charge is 0.119 e. The maximum absolute atomic E-state index is 11.7. The minimum Gasteiger partial charge on any atom is -0.494 e. The number of likely N-dealkylation sites (tertiary alicyclic amines) is 1. The molecule has 1 aliphatic rings. The van der Waals surface area contributed by atoms with Gasteiger partial charge in [-0.2, -0.15) is 0 Å². The average Bonchev–Trinajstić information content (AvgIpc) is 2.72. The quantitative estimate of drug-likeness (QED) is 0.688. The molecular weight excluding hydrogens is 358 g/mol. The Morgan fingerprint density at radius 3 is 2.19 bits per heavy atom. The molecule has 0 spiro atoms. The third-order valence-corrected chi connectivity index (χ3v) is 5.29. The van der Waals surface area contributed by atoms with E-state index in [1.165, 1.54) is 19.3 Å². The van der Waals surface area contributed by atoms with E-state index in [4.69, 9.17) is 4.74 Å². The Morgan fingerprint density at radius 2 is 1.56 bits per heavy atom. The molecule has 0 amide bonds. The molecule has 27 heavy (non-hydrogen) atoms. The molecular formula is C23H32ClNO2. The number of piperidine rings is 1. The predicted octanol–water partition coefficient (Wildman–Crippen LogP) is 5.01. The van der Waals surface area contributed by atoms with E-state index < -0.39 is 5.60 Å². The van der Waals surface area contributed by atoms with E-state index in [1.807, 2.05) is 54.6 Å². The molecule has 0 bridgehead atoms. The number of nitrogens with zero attached hydrogens (tertiary/aromatic N) is 1. The van der Waals surface area contributed by atoms with Crippen LogP contribution in [0.25, 0.3) is 0 Å². The van der Waals surface area contributed by atoms with Crippen LogP contribution in [0.4, 0.5) is 0 Å². The maximum atomic E-state index is 11.7. The number of benzene rings is 2. The summed E-state index contributed by atoms with van der Waals surface area (Å²) in [6.45, 7) is 6.03. The summed E-state index contributed by atoms with van der Waals surface area (Å²) in [5.74, 6) is 0.863. The van der Waals surface area contributed by atoms with E-state index in [0.717, 1.165) is 49.5 Å². The van der Waals surface area contributed by atoms with Crippen LogP contribution >= 0.6 is 12.4 Å². The fraction of sp³-hybridized carbons (Fsp3) is 0.478. The number of hydrogen-bond acceptors (Lipinski definition) is 3. The Morgan fingerprint density at radius 1 is 0.926 bits per heavy atom. The van der Waals surface area contributed by atoms with Gasteiger partial charge in [0.2, 0.25) is 0 Å². The molecule has 1 aliphatic heterocycles. The van der Waals surface area contributed by atoms with Crippen LogP contribution in [0.3, 0.4) is 0 Å². The predicted molar refractivity (Wildman–Crippen MR) is 114 cm³/mol. The molecule has 148 valence electrons. The van der Waals surface area contributed by atoms with Crippen LogP contribution in [0.5, 0.6) is 5.75 Å². The second-order valence-electron chi connectivity index (χ2n) is 7.25. The van der Waals surface area contributed by atoms with Crippen molar-refractivity contribution in [3.05, 3.63) is 65.7 Å². The summed E-state index contributed by atoms with van der Waals surface area (Å²) in [7, 11) is 0. The van der Waals surface area contributed by atoms with Crippen molar-refractivity contribution in [3.8, 4) is 5.75 Å². The lowest BCUT2D eigenvalue weighted by atomic mass is 9.83. The fourth-order valence-electron chi connectivity index (χ4n) is 3.72. The number of aliphatic hydroxyl groups is 1. The zero-order chi connectivity index (χ0) is 18.2. The van der Waals surface area contributed by atoms with E-state index in [2.05, 4.69) is 11.8 Å². The molecule has 1 N–H and O–H groups in total. The van der Waals surface area contributed by atoms with Crippen molar-refractivity contribution in [3.63, 3.8) is 0 Å². The van der Waals surface area contributed by atoms with Gasteiger partial charge in [0.15, 0.2) is 0 Å². The lowest BCUT2D eigenvalue weighted by Crippen LogP contribution is -2.36. The van der Waals surface area contributed by atoms with Gasteiger partial charge in [-0.1, -0.05) is 55.8 Å². The first-order valence-electron chi connectivity index (χ1n) is 9.96. The third kappa shape index (κ3) is 5.71. The van der Waals surface area contributed by atoms with Crippen LogP contribution < -0.4 is 4.74 Å². The van der Waals surface area contributed by atoms with Crippen molar-refractivity contribution >= 4 is 12.4 Å². The highest BCUT2D eigenvalue weighted by Crippen LogP contribution is 2.34. The van der Waals surface area contributed by atoms with Gasteiger partial charge in [-0.25, -0.2) is 0 Å². The molecule has 0 saturated carbocycles. The molecule has 3 rings (SSSR count). The summed E-state index contributed by atoms with van der Waals surface area (Å²) < 4.78 is 5.69. The summed E-state index contributed by atoms with van der Waals surface area (Å²) >= 11 is 0. The van der Waals surface area contributed by atoms with Crippen LogP contribution in [-0.4, -0.2) is 36.2 Å². The zero-order valence-corrected chi connectivity index (χ0v) is 17.1. The Kier molecular flexibility index (Phi) is 8.62. The molecule has 2 aromatic rings. The normalized spacial score (nSPS) is 17.0. The number of halogens is 1. The van der Waals surface area contributed by atoms with Gasteiger partial charge in [0.05, 0.1) is 6.61 Å². The number of ether oxygens (including phenoxy) is 1. The third-order valence-electron chi connectivity index (χ3n) is 5.29. The highest BCUT2D eigenvalue weighted by atomic mass is 35.5. The van der Waals surface area contributed by atoms with E-state index in [1.54, 1.807) is 0 Å². The molecule has 1 fully saturated rings. The standard InChI is InChI=1S/C23H31NO2.ClH/c1-2-19-26-22-13-11-21(12-14-22)23(25,20-9-5-3-6-10-20)15-18-24-16-7-4-8-17-24;/h3,5-6,9-14,25H,2,4,7-8,15-19H2,1H3;1H. The first-order valence-corrected chi connectivity index (χ1v) is 9.96. The minimum atomic E-state index is -0.970. The van der Waals surface area contributed by atoms with Crippen molar-refractivity contribution in [1.29, 1.82) is 0 Å². The van der Waals surface area contributed by atoms with Gasteiger partial charge in [0.1, 0.15) is 11.4 Å². The Bertz CT molecular complexity index is 656. The van der Waals surface area contributed by atoms with Gasteiger partial charge in [0, 0.05) is 6.54 Å². The van der Waals surface area contributed by atoms with E-state index in [-0.39, 0.29) is 12.4 Å². The van der Waals surface area contributed by atoms with Gasteiger partial charge in [0.25, 0.3) is 0 Å². The van der Waals surface area contributed by atoms with E-state index >= 15 is 0 Å². The lowest BCUT2D eigenvalue weighted by Gasteiger charge is -2.34. The minimum absolute atomic E-state index is 0. The second-order valence-corrected chi connectivity index (χ2v) is 7.25. The molecule has 1 unspecified atom stereocenters. The summed E-state index contributed by atoms with van der Waals surface area (Å²) in [4.78, 5) is 2.48. The lowest BCUT2D eigenvalue weighted by molar-refractivity contribution is 0.0545. The van der Waals surface area contributed by atoms with Gasteiger partial charge in [-0.15, -0.1) is 12.4 Å². The van der Waals surface area contributed by atoms with Gasteiger partial charge < -0.3 is 14.7 Å². The van der Waals surface area contributed by atoms with E-state index in [0.29, 0.717) is 6.42 Å². The molecule has 0 aromatic heterocycles. The number of rotatable bonds is 8. The van der Waals surface area contributed by atoms with Crippen LogP contribution in [0, 0.1) is 0 Å². The Hall–Kier alpha value is -1.55. The highest BCUT2D eigenvalue weighted by Gasteiger charge is 2.32. The fourth-order valence-corrected chi connectivity index (χ4v) is 3.72. The molecule has 1 atom stereocenters. The first kappa shape index (κ1) is 21.7. The van der Waals surface area contributed by atoms with Crippen molar-refractivity contribution in [2.45, 2.75) is 44.6 Å². The van der Waals surface area contributed by atoms with Gasteiger partial charge in [-0.3, -0.25) is 0 Å². The average molecular weight is 390 g/mol. The zero-order valence-electron chi connectivity index (χ0n) is 16.3. The van der Waals surface area contributed by atoms with Crippen LogP contribution in [0.1, 0.15) is 50.2 Å². The van der Waals surface area contributed by atoms with Crippen molar-refractivity contribution in [2.75, 3.05) is 26.2 Å². The molecule has 1 heterocycles. The molecule has 2 aromatic carbocycles. The maximum Gasteiger partial charge on any atom is 0.119 e. The molecule has 1 saturated heterocycles. The van der Waals surface area contributed by atoms with Crippen LogP contribution in [0.15, 0.2) is 54.6 Å². The summed E-state index contributed by atoms with van der Waals surface area (Å²) in [6.07, 6.45) is 5.57. The van der Waals surface area contributed by atoms with Crippen molar-refractivity contribution in [2.24, 2.45) is 0 Å².